The van der Waals surface area contributed by atoms with Crippen LogP contribution < -0.4 is 11.1 Å². The van der Waals surface area contributed by atoms with Crippen LogP contribution in [0.5, 0.6) is 0 Å². The summed E-state index contributed by atoms with van der Waals surface area (Å²) in [7, 11) is 0. The molecule has 1 atom stereocenters. The first-order valence-electron chi connectivity index (χ1n) is 5.71. The molecule has 104 valence electrons. The second-order valence-electron chi connectivity index (χ2n) is 3.94. The van der Waals surface area contributed by atoms with Gasteiger partial charge in [0, 0.05) is 10.3 Å². The largest absolute Gasteiger partial charge is 0.320 e. The van der Waals surface area contributed by atoms with Gasteiger partial charge in [0.2, 0.25) is 5.91 Å². The molecule has 0 fully saturated rings. The van der Waals surface area contributed by atoms with Crippen LogP contribution in [0.4, 0.5) is 5.13 Å². The van der Waals surface area contributed by atoms with E-state index in [4.69, 9.17) is 5.73 Å². The van der Waals surface area contributed by atoms with Crippen molar-refractivity contribution < 1.29 is 4.79 Å². The van der Waals surface area contributed by atoms with Crippen molar-refractivity contribution >= 4 is 46.1 Å². The Balaban J connectivity index is 0.00000180. The Morgan fingerprint density at radius 2 is 2.26 bits per heavy atom. The quantitative estimate of drug-likeness (QED) is 0.910. The van der Waals surface area contributed by atoms with Crippen LogP contribution in [0.1, 0.15) is 18.7 Å². The summed E-state index contributed by atoms with van der Waals surface area (Å²) in [4.78, 5) is 18.3. The molecule has 1 amide bonds. The molecule has 0 saturated carbocycles. The van der Waals surface area contributed by atoms with Crippen LogP contribution in [0.2, 0.25) is 0 Å². The van der Waals surface area contributed by atoms with Crippen LogP contribution in [0.15, 0.2) is 17.5 Å². The number of nitrogens with one attached hydrogen (secondary N) is 1. The number of hydrogen-bond donors (Lipinski definition) is 2. The maximum atomic E-state index is 11.4. The predicted molar refractivity (Wildman–Crippen MR) is 84.3 cm³/mol. The molecule has 0 bridgehead atoms. The van der Waals surface area contributed by atoms with Gasteiger partial charge in [-0.25, -0.2) is 4.98 Å². The molecule has 0 aliphatic rings. The van der Waals surface area contributed by atoms with Gasteiger partial charge in [-0.1, -0.05) is 6.92 Å². The van der Waals surface area contributed by atoms with Gasteiger partial charge in [0.05, 0.1) is 16.6 Å². The minimum atomic E-state index is -0.522. The number of thiazole rings is 1. The highest BCUT2D eigenvalue weighted by Crippen LogP contribution is 2.30. The first-order valence-corrected chi connectivity index (χ1v) is 7.40. The SMILES string of the molecule is CCc1ccc(-c2csc(NC(=O)[C@@H](C)N)n2)s1.Cl. The summed E-state index contributed by atoms with van der Waals surface area (Å²) >= 11 is 3.15. The highest BCUT2D eigenvalue weighted by atomic mass is 35.5. The van der Waals surface area contributed by atoms with Gasteiger partial charge < -0.3 is 11.1 Å². The van der Waals surface area contributed by atoms with Gasteiger partial charge in [0.25, 0.3) is 0 Å². The fourth-order valence-corrected chi connectivity index (χ4v) is 3.07. The van der Waals surface area contributed by atoms with Gasteiger partial charge in [0.1, 0.15) is 0 Å². The number of carbonyl (C=O) groups excluding carboxylic acids is 1. The molecular weight excluding hydrogens is 302 g/mol. The number of aryl methyl sites for hydroxylation is 1. The van der Waals surface area contributed by atoms with E-state index in [9.17, 15) is 4.79 Å². The summed E-state index contributed by atoms with van der Waals surface area (Å²) in [5.41, 5.74) is 6.40. The molecule has 0 aliphatic heterocycles. The van der Waals surface area contributed by atoms with Crippen LogP contribution in [-0.2, 0) is 11.2 Å². The number of aromatic nitrogens is 1. The van der Waals surface area contributed by atoms with E-state index in [1.807, 2.05) is 5.38 Å². The minimum Gasteiger partial charge on any atom is -0.320 e. The zero-order chi connectivity index (χ0) is 13.1. The number of amides is 1. The number of anilines is 1. The minimum absolute atomic E-state index is 0. The van der Waals surface area contributed by atoms with Crippen molar-refractivity contribution in [3.8, 4) is 10.6 Å². The molecule has 2 aromatic heterocycles. The second kappa shape index (κ2) is 7.00. The normalized spacial score (nSPS) is 11.7. The van der Waals surface area contributed by atoms with Gasteiger partial charge in [-0.05, 0) is 25.5 Å². The monoisotopic (exact) mass is 317 g/mol. The van der Waals surface area contributed by atoms with Gasteiger partial charge >= 0.3 is 0 Å². The Hall–Kier alpha value is -0.950. The zero-order valence-corrected chi connectivity index (χ0v) is 13.1. The topological polar surface area (TPSA) is 68.0 Å². The lowest BCUT2D eigenvalue weighted by atomic mass is 10.3. The van der Waals surface area contributed by atoms with Crippen molar-refractivity contribution in [2.24, 2.45) is 5.73 Å². The first-order chi connectivity index (χ1) is 8.60. The van der Waals surface area contributed by atoms with Gasteiger partial charge in [-0.2, -0.15) is 0 Å². The molecule has 0 aliphatic carbocycles. The van der Waals surface area contributed by atoms with Crippen LogP contribution in [0, 0.1) is 0 Å². The number of hydrogen-bond acceptors (Lipinski definition) is 5. The van der Waals surface area contributed by atoms with E-state index in [-0.39, 0.29) is 18.3 Å². The fraction of sp³-hybridized carbons (Fsp3) is 0.333. The summed E-state index contributed by atoms with van der Waals surface area (Å²) < 4.78 is 0. The third kappa shape index (κ3) is 4.01. The number of nitrogens with two attached hydrogens (primary N) is 1. The Bertz CT molecular complexity index is 551. The van der Waals surface area contributed by atoms with Gasteiger partial charge in [0.15, 0.2) is 5.13 Å². The van der Waals surface area contributed by atoms with E-state index in [1.165, 1.54) is 16.2 Å². The molecule has 0 aromatic carbocycles. The van der Waals surface area contributed by atoms with E-state index in [2.05, 4.69) is 29.4 Å². The Labute approximate surface area is 126 Å². The lowest BCUT2D eigenvalue weighted by molar-refractivity contribution is -0.117. The van der Waals surface area contributed by atoms with Crippen LogP contribution in [-0.4, -0.2) is 16.9 Å². The molecular formula is C12H16ClN3OS2. The maximum absolute atomic E-state index is 11.4. The van der Waals surface area contributed by atoms with Crippen molar-refractivity contribution in [2.45, 2.75) is 26.3 Å². The summed E-state index contributed by atoms with van der Waals surface area (Å²) in [5, 5.41) is 5.24. The van der Waals surface area contributed by atoms with E-state index < -0.39 is 6.04 Å². The molecule has 0 spiro atoms. The van der Waals surface area contributed by atoms with Crippen molar-refractivity contribution in [3.05, 3.63) is 22.4 Å². The fourth-order valence-electron chi connectivity index (χ4n) is 1.37. The maximum Gasteiger partial charge on any atom is 0.242 e. The number of carbonyl (C=O) groups is 1. The molecule has 2 rings (SSSR count). The number of rotatable bonds is 4. The molecule has 2 aromatic rings. The summed E-state index contributed by atoms with van der Waals surface area (Å²) in [6.45, 7) is 3.78. The average Bonchev–Trinajstić information content (AvgIpc) is 2.96. The molecule has 7 heteroatoms. The van der Waals surface area contributed by atoms with Crippen molar-refractivity contribution in [1.82, 2.24) is 4.98 Å². The molecule has 4 nitrogen and oxygen atoms in total. The predicted octanol–water partition coefficient (Wildman–Crippen LogP) is 3.14. The summed E-state index contributed by atoms with van der Waals surface area (Å²) in [5.74, 6) is -0.212. The van der Waals surface area contributed by atoms with Gasteiger partial charge in [-0.3, -0.25) is 4.79 Å². The van der Waals surface area contributed by atoms with Crippen molar-refractivity contribution in [1.29, 1.82) is 0 Å². The lowest BCUT2D eigenvalue weighted by Crippen LogP contribution is -2.32. The van der Waals surface area contributed by atoms with Gasteiger partial charge in [-0.15, -0.1) is 35.1 Å². The van der Waals surface area contributed by atoms with Crippen LogP contribution >= 0.6 is 35.1 Å². The van der Waals surface area contributed by atoms with Crippen molar-refractivity contribution in [2.75, 3.05) is 5.32 Å². The highest BCUT2D eigenvalue weighted by molar-refractivity contribution is 7.17. The Morgan fingerprint density at radius 3 is 2.84 bits per heavy atom. The standard InChI is InChI=1S/C12H15N3OS2.ClH/c1-3-8-4-5-10(18-8)9-6-17-12(14-9)15-11(16)7(2)13;/h4-7H,3,13H2,1-2H3,(H,14,15,16);1H/t7-;/m1./s1. The number of halogens is 1. The zero-order valence-electron chi connectivity index (χ0n) is 10.7. The van der Waals surface area contributed by atoms with Crippen molar-refractivity contribution in [3.63, 3.8) is 0 Å². The Morgan fingerprint density at radius 1 is 1.53 bits per heavy atom. The summed E-state index contributed by atoms with van der Waals surface area (Å²) in [6, 6.07) is 3.65. The highest BCUT2D eigenvalue weighted by Gasteiger charge is 2.11. The molecule has 0 saturated heterocycles. The number of thiophene rings is 1. The molecule has 0 radical (unpaired) electrons. The molecule has 2 heterocycles. The third-order valence-electron chi connectivity index (χ3n) is 2.41. The molecule has 3 N–H and O–H groups in total. The lowest BCUT2D eigenvalue weighted by Gasteiger charge is -2.03. The molecule has 19 heavy (non-hydrogen) atoms. The van der Waals surface area contributed by atoms with E-state index in [0.29, 0.717) is 5.13 Å². The summed E-state index contributed by atoms with van der Waals surface area (Å²) in [6.07, 6.45) is 1.03. The second-order valence-corrected chi connectivity index (χ2v) is 5.96. The first kappa shape index (κ1) is 16.1. The van der Waals surface area contributed by atoms with Crippen LogP contribution in [0.3, 0.4) is 0 Å². The molecule has 0 unspecified atom stereocenters. The van der Waals surface area contributed by atoms with Crippen LogP contribution in [0.25, 0.3) is 10.6 Å². The van der Waals surface area contributed by atoms with E-state index in [0.717, 1.165) is 17.0 Å². The number of nitrogens with zero attached hydrogens (tertiary/aromatic N) is 1. The average molecular weight is 318 g/mol. The third-order valence-corrected chi connectivity index (χ3v) is 4.42. The Kier molecular flexibility index (Phi) is 5.93. The smallest absolute Gasteiger partial charge is 0.242 e. The van der Waals surface area contributed by atoms with E-state index >= 15 is 0 Å². The van der Waals surface area contributed by atoms with E-state index in [1.54, 1.807) is 18.3 Å².